The zero-order valence-electron chi connectivity index (χ0n) is 16.1. The lowest BCUT2D eigenvalue weighted by Crippen LogP contribution is -2.57. The van der Waals surface area contributed by atoms with E-state index in [0.717, 1.165) is 0 Å². The maximum Gasteiger partial charge on any atom is 0.308 e. The summed E-state index contributed by atoms with van der Waals surface area (Å²) in [5.74, 6) is -0.366. The molecule has 2 saturated heterocycles. The summed E-state index contributed by atoms with van der Waals surface area (Å²) < 4.78 is 44.4. The SMILES string of the molecule is COC(=O)C[C@H]1CC[C@@H]2[C@H](COC[C@H](O)CN2S(=O)(=O)c2ccccc2C)O1. The quantitative estimate of drug-likeness (QED) is 0.730. The van der Waals surface area contributed by atoms with Gasteiger partial charge in [-0.1, -0.05) is 18.2 Å². The van der Waals surface area contributed by atoms with Gasteiger partial charge in [0.2, 0.25) is 10.0 Å². The molecule has 2 fully saturated rings. The third-order valence-corrected chi connectivity index (χ3v) is 7.29. The molecule has 4 atom stereocenters. The number of hydrogen-bond donors (Lipinski definition) is 1. The van der Waals surface area contributed by atoms with Gasteiger partial charge in [0, 0.05) is 6.54 Å². The van der Waals surface area contributed by atoms with Crippen LogP contribution < -0.4 is 0 Å². The fraction of sp³-hybridized carbons (Fsp3) is 0.632. The highest BCUT2D eigenvalue weighted by molar-refractivity contribution is 7.89. The van der Waals surface area contributed by atoms with Gasteiger partial charge in [-0.05, 0) is 31.4 Å². The number of β-amino-alcohol motifs (C(OH)–C–C–N with tert-alkyl or cyclic N) is 1. The molecule has 0 aromatic heterocycles. The van der Waals surface area contributed by atoms with E-state index in [-0.39, 0.29) is 43.1 Å². The average molecular weight is 413 g/mol. The van der Waals surface area contributed by atoms with Crippen molar-refractivity contribution >= 4 is 16.0 Å². The van der Waals surface area contributed by atoms with Gasteiger partial charge in [-0.25, -0.2) is 8.42 Å². The van der Waals surface area contributed by atoms with Crippen LogP contribution in [0.5, 0.6) is 0 Å². The standard InChI is InChI=1S/C19H27NO7S/c1-13-5-3-4-6-18(13)28(23,24)20-10-14(21)11-26-12-17-16(20)8-7-15(27-17)9-19(22)25-2/h3-6,14-17,21H,7-12H2,1-2H3/t14-,15-,16-,17+/m1/s1. The third-order valence-electron chi connectivity index (χ3n) is 5.24. The first-order valence-electron chi connectivity index (χ1n) is 9.38. The lowest BCUT2D eigenvalue weighted by molar-refractivity contribution is -0.157. The summed E-state index contributed by atoms with van der Waals surface area (Å²) in [7, 11) is -2.51. The number of ether oxygens (including phenoxy) is 3. The van der Waals surface area contributed by atoms with Gasteiger partial charge >= 0.3 is 5.97 Å². The first-order valence-corrected chi connectivity index (χ1v) is 10.8. The summed E-state index contributed by atoms with van der Waals surface area (Å²) in [6.45, 7) is 1.85. The van der Waals surface area contributed by atoms with Crippen molar-refractivity contribution in [1.82, 2.24) is 4.31 Å². The Morgan fingerprint density at radius 1 is 1.29 bits per heavy atom. The summed E-state index contributed by atoms with van der Waals surface area (Å²) in [6.07, 6.45) is -0.640. The van der Waals surface area contributed by atoms with Crippen LogP contribution in [0.15, 0.2) is 29.2 Å². The Hall–Kier alpha value is -1.52. The van der Waals surface area contributed by atoms with Gasteiger partial charge in [0.05, 0.1) is 56.0 Å². The van der Waals surface area contributed by atoms with Gasteiger partial charge in [0.1, 0.15) is 0 Å². The van der Waals surface area contributed by atoms with Crippen LogP contribution in [0.25, 0.3) is 0 Å². The largest absolute Gasteiger partial charge is 0.469 e. The number of hydrogen-bond acceptors (Lipinski definition) is 7. The summed E-state index contributed by atoms with van der Waals surface area (Å²) in [6, 6.07) is 6.32. The normalized spacial score (nSPS) is 29.4. The van der Waals surface area contributed by atoms with E-state index in [2.05, 4.69) is 0 Å². The minimum Gasteiger partial charge on any atom is -0.469 e. The molecule has 0 saturated carbocycles. The maximum atomic E-state index is 13.4. The third kappa shape index (κ3) is 4.55. The Bertz CT molecular complexity index is 797. The molecule has 2 aliphatic rings. The van der Waals surface area contributed by atoms with Crippen LogP contribution in [0.3, 0.4) is 0 Å². The number of benzene rings is 1. The van der Waals surface area contributed by atoms with E-state index in [1.54, 1.807) is 31.2 Å². The van der Waals surface area contributed by atoms with Crippen LogP contribution in [0, 0.1) is 6.92 Å². The van der Waals surface area contributed by atoms with Gasteiger partial charge in [-0.15, -0.1) is 0 Å². The molecule has 0 aliphatic carbocycles. The topological polar surface area (TPSA) is 102 Å². The van der Waals surface area contributed by atoms with Crippen molar-refractivity contribution in [2.75, 3.05) is 26.9 Å². The molecule has 8 nitrogen and oxygen atoms in total. The molecule has 156 valence electrons. The van der Waals surface area contributed by atoms with E-state index < -0.39 is 28.3 Å². The molecule has 0 radical (unpaired) electrons. The van der Waals surface area contributed by atoms with Gasteiger partial charge < -0.3 is 19.3 Å². The summed E-state index contributed by atoms with van der Waals surface area (Å²) in [4.78, 5) is 11.8. The number of carbonyl (C=O) groups excluding carboxylic acids is 1. The van der Waals surface area contributed by atoms with Crippen LogP contribution in [-0.4, -0.2) is 75.0 Å². The van der Waals surface area contributed by atoms with Gasteiger partial charge in [-0.3, -0.25) is 4.79 Å². The fourth-order valence-electron chi connectivity index (χ4n) is 3.81. The number of carbonyl (C=O) groups is 1. The minimum absolute atomic E-state index is 0.0219. The predicted molar refractivity (Wildman–Crippen MR) is 100 cm³/mol. The van der Waals surface area contributed by atoms with Crippen LogP contribution in [-0.2, 0) is 29.0 Å². The first-order chi connectivity index (χ1) is 13.3. The Balaban J connectivity index is 1.88. The number of nitrogens with zero attached hydrogens (tertiary/aromatic N) is 1. The highest BCUT2D eigenvalue weighted by Gasteiger charge is 2.43. The monoisotopic (exact) mass is 413 g/mol. The van der Waals surface area contributed by atoms with E-state index in [0.29, 0.717) is 18.4 Å². The number of fused-ring (bicyclic) bond motifs is 1. The molecule has 1 N–H and O–H groups in total. The fourth-order valence-corrected chi connectivity index (χ4v) is 5.76. The number of aryl methyl sites for hydroxylation is 1. The molecule has 2 aliphatic heterocycles. The van der Waals surface area contributed by atoms with Crippen LogP contribution in [0.2, 0.25) is 0 Å². The molecule has 9 heteroatoms. The van der Waals surface area contributed by atoms with E-state index in [1.165, 1.54) is 11.4 Å². The molecule has 2 heterocycles. The number of methoxy groups -OCH3 is 1. The second-order valence-electron chi connectivity index (χ2n) is 7.25. The second-order valence-corrected chi connectivity index (χ2v) is 9.11. The van der Waals surface area contributed by atoms with E-state index >= 15 is 0 Å². The highest BCUT2D eigenvalue weighted by atomic mass is 32.2. The number of aliphatic hydroxyl groups is 1. The predicted octanol–water partition coefficient (Wildman–Crippen LogP) is 0.856. The average Bonchev–Trinajstić information content (AvgIpc) is 2.65. The molecular formula is C19H27NO7S. The van der Waals surface area contributed by atoms with Crippen LogP contribution in [0.1, 0.15) is 24.8 Å². The molecule has 28 heavy (non-hydrogen) atoms. The van der Waals surface area contributed by atoms with Crippen molar-refractivity contribution in [2.24, 2.45) is 0 Å². The molecule has 3 rings (SSSR count). The highest BCUT2D eigenvalue weighted by Crippen LogP contribution is 2.32. The summed E-state index contributed by atoms with van der Waals surface area (Å²) in [5.41, 5.74) is 0.646. The summed E-state index contributed by atoms with van der Waals surface area (Å²) in [5, 5.41) is 10.2. The van der Waals surface area contributed by atoms with Crippen molar-refractivity contribution in [3.8, 4) is 0 Å². The van der Waals surface area contributed by atoms with Crippen molar-refractivity contribution in [1.29, 1.82) is 0 Å². The molecule has 1 aromatic rings. The Morgan fingerprint density at radius 3 is 2.75 bits per heavy atom. The first kappa shape index (κ1) is 21.2. The van der Waals surface area contributed by atoms with Crippen LogP contribution >= 0.6 is 0 Å². The van der Waals surface area contributed by atoms with Crippen molar-refractivity contribution in [3.05, 3.63) is 29.8 Å². The van der Waals surface area contributed by atoms with E-state index in [1.807, 2.05) is 0 Å². The molecule has 1 aromatic carbocycles. The molecule has 0 amide bonds. The number of aliphatic hydroxyl groups excluding tert-OH is 1. The maximum absolute atomic E-state index is 13.4. The Labute approximate surface area is 165 Å². The summed E-state index contributed by atoms with van der Waals surface area (Å²) >= 11 is 0. The van der Waals surface area contributed by atoms with E-state index in [4.69, 9.17) is 14.2 Å². The molecule has 0 spiro atoms. The van der Waals surface area contributed by atoms with Crippen LogP contribution in [0.4, 0.5) is 0 Å². The van der Waals surface area contributed by atoms with Crippen molar-refractivity contribution in [2.45, 2.75) is 55.4 Å². The Morgan fingerprint density at radius 2 is 2.04 bits per heavy atom. The molecular weight excluding hydrogens is 386 g/mol. The zero-order valence-corrected chi connectivity index (χ0v) is 16.9. The molecule has 0 unspecified atom stereocenters. The zero-order chi connectivity index (χ0) is 20.3. The Kier molecular flexibility index (Phi) is 6.72. The smallest absolute Gasteiger partial charge is 0.308 e. The van der Waals surface area contributed by atoms with Gasteiger partial charge in [0.15, 0.2) is 0 Å². The number of rotatable bonds is 4. The number of esters is 1. The lowest BCUT2D eigenvalue weighted by atomic mass is 9.96. The molecule has 0 bridgehead atoms. The van der Waals surface area contributed by atoms with E-state index in [9.17, 15) is 18.3 Å². The van der Waals surface area contributed by atoms with Gasteiger partial charge in [-0.2, -0.15) is 4.31 Å². The number of sulfonamides is 1. The van der Waals surface area contributed by atoms with Crippen molar-refractivity contribution < 1.29 is 32.5 Å². The van der Waals surface area contributed by atoms with Crippen molar-refractivity contribution in [3.63, 3.8) is 0 Å². The second kappa shape index (κ2) is 8.87. The lowest BCUT2D eigenvalue weighted by Gasteiger charge is -2.43. The minimum atomic E-state index is -3.83. The van der Waals surface area contributed by atoms with Gasteiger partial charge in [0.25, 0.3) is 0 Å².